The van der Waals surface area contributed by atoms with E-state index in [0.29, 0.717) is 5.88 Å². The second kappa shape index (κ2) is 9.80. The fourth-order valence-electron chi connectivity index (χ4n) is 2.28. The van der Waals surface area contributed by atoms with Crippen molar-refractivity contribution in [1.82, 2.24) is 4.72 Å². The number of nitrogens with one attached hydrogen (secondary N) is 1. The third-order valence-electron chi connectivity index (χ3n) is 3.44. The molecule has 1 atom stereocenters. The van der Waals surface area contributed by atoms with Crippen LogP contribution in [0.1, 0.15) is 37.7 Å². The van der Waals surface area contributed by atoms with Gasteiger partial charge < -0.3 is 14.7 Å². The number of carbonyl (C=O) groups is 1. The first-order valence-electron chi connectivity index (χ1n) is 7.75. The Labute approximate surface area is 152 Å². The SMILES string of the molecule is COc1c(Br)cccc1/C=C1/N[SH](CCCCCCC(=O)O)OO1. The van der Waals surface area contributed by atoms with Crippen LogP contribution in [0.5, 0.6) is 5.75 Å². The summed E-state index contributed by atoms with van der Waals surface area (Å²) in [6.07, 6.45) is 5.72. The maximum atomic E-state index is 10.4. The van der Waals surface area contributed by atoms with E-state index in [0.717, 1.165) is 47.2 Å². The number of benzene rings is 1. The van der Waals surface area contributed by atoms with E-state index in [9.17, 15) is 4.79 Å². The largest absolute Gasteiger partial charge is 0.495 e. The quantitative estimate of drug-likeness (QED) is 0.316. The summed E-state index contributed by atoms with van der Waals surface area (Å²) in [7, 11) is 1.62. The van der Waals surface area contributed by atoms with E-state index in [1.54, 1.807) is 7.11 Å². The molecular formula is C16H22BrNO5S. The molecule has 0 spiro atoms. The van der Waals surface area contributed by atoms with Gasteiger partial charge in [-0.15, -0.1) is 4.33 Å². The number of thiol groups is 1. The molecule has 0 radical (unpaired) electrons. The average molecular weight is 420 g/mol. The van der Waals surface area contributed by atoms with Crippen LogP contribution in [0.2, 0.25) is 0 Å². The van der Waals surface area contributed by atoms with Gasteiger partial charge in [-0.2, -0.15) is 0 Å². The molecule has 1 aliphatic rings. The van der Waals surface area contributed by atoms with Crippen molar-refractivity contribution in [3.63, 3.8) is 0 Å². The fourth-order valence-corrected chi connectivity index (χ4v) is 4.07. The van der Waals surface area contributed by atoms with Gasteiger partial charge >= 0.3 is 5.97 Å². The average Bonchev–Trinajstić information content (AvgIpc) is 2.98. The summed E-state index contributed by atoms with van der Waals surface area (Å²) < 4.78 is 14.8. The van der Waals surface area contributed by atoms with E-state index in [1.165, 1.54) is 0 Å². The summed E-state index contributed by atoms with van der Waals surface area (Å²) in [5.74, 6) is 1.45. The molecule has 2 N–H and O–H groups in total. The molecule has 134 valence electrons. The van der Waals surface area contributed by atoms with E-state index >= 15 is 0 Å². The lowest BCUT2D eigenvalue weighted by atomic mass is 10.2. The van der Waals surface area contributed by atoms with Gasteiger partial charge in [0.25, 0.3) is 0 Å². The van der Waals surface area contributed by atoms with Gasteiger partial charge in [-0.3, -0.25) is 9.52 Å². The van der Waals surface area contributed by atoms with Gasteiger partial charge in [0, 0.05) is 23.8 Å². The van der Waals surface area contributed by atoms with Gasteiger partial charge in [-0.1, -0.05) is 25.0 Å². The lowest BCUT2D eigenvalue weighted by Gasteiger charge is -2.09. The number of rotatable bonds is 9. The Balaban J connectivity index is 1.77. The van der Waals surface area contributed by atoms with Crippen molar-refractivity contribution in [2.24, 2.45) is 0 Å². The highest BCUT2D eigenvalue weighted by Gasteiger charge is 2.18. The molecule has 6 nitrogen and oxygen atoms in total. The highest BCUT2D eigenvalue weighted by molar-refractivity contribution is 9.10. The first-order chi connectivity index (χ1) is 11.6. The number of hydrogen-bond donors (Lipinski definition) is 3. The summed E-state index contributed by atoms with van der Waals surface area (Å²) in [6, 6.07) is 5.77. The van der Waals surface area contributed by atoms with Gasteiger partial charge in [0.1, 0.15) is 5.75 Å². The van der Waals surface area contributed by atoms with Crippen LogP contribution in [0.3, 0.4) is 0 Å². The van der Waals surface area contributed by atoms with Crippen LogP contribution in [0.15, 0.2) is 28.6 Å². The number of aliphatic carboxylic acids is 1. The number of methoxy groups -OCH3 is 1. The predicted molar refractivity (Wildman–Crippen MR) is 98.6 cm³/mol. The molecule has 1 unspecified atom stereocenters. The van der Waals surface area contributed by atoms with Crippen molar-refractivity contribution < 1.29 is 23.9 Å². The smallest absolute Gasteiger partial charge is 0.303 e. The Morgan fingerprint density at radius 2 is 2.17 bits per heavy atom. The minimum absolute atomic E-state index is 0.244. The third-order valence-corrected chi connectivity index (χ3v) is 5.51. The van der Waals surface area contributed by atoms with Gasteiger partial charge in [0.05, 0.1) is 11.6 Å². The van der Waals surface area contributed by atoms with Gasteiger partial charge in [0.15, 0.2) is 0 Å². The van der Waals surface area contributed by atoms with Crippen molar-refractivity contribution in [3.8, 4) is 5.75 Å². The monoisotopic (exact) mass is 419 g/mol. The lowest BCUT2D eigenvalue weighted by Crippen LogP contribution is -2.04. The number of halogens is 1. The highest BCUT2D eigenvalue weighted by Crippen LogP contribution is 2.36. The Kier molecular flexibility index (Phi) is 7.74. The summed E-state index contributed by atoms with van der Waals surface area (Å²) in [5, 5.41) is 8.59. The van der Waals surface area contributed by atoms with Crippen molar-refractivity contribution in [1.29, 1.82) is 0 Å². The molecule has 0 amide bonds. The highest BCUT2D eigenvalue weighted by atomic mass is 79.9. The van der Waals surface area contributed by atoms with Crippen molar-refractivity contribution >= 4 is 39.3 Å². The second-order valence-corrected chi connectivity index (χ2v) is 7.73. The Morgan fingerprint density at radius 3 is 2.92 bits per heavy atom. The molecule has 1 aromatic rings. The summed E-state index contributed by atoms with van der Waals surface area (Å²) in [6.45, 7) is 0. The number of hydrogen-bond acceptors (Lipinski definition) is 5. The molecule has 1 aliphatic heterocycles. The lowest BCUT2D eigenvalue weighted by molar-refractivity contribution is -0.137. The molecule has 1 heterocycles. The van der Waals surface area contributed by atoms with Crippen LogP contribution in [0, 0.1) is 0 Å². The summed E-state index contributed by atoms with van der Waals surface area (Å²) in [4.78, 5) is 15.7. The molecule has 0 saturated carbocycles. The fraction of sp³-hybridized carbons (Fsp3) is 0.438. The number of para-hydroxylation sites is 1. The molecule has 1 aromatic carbocycles. The normalized spacial score (nSPS) is 19.8. The zero-order chi connectivity index (χ0) is 17.4. The second-order valence-electron chi connectivity index (χ2n) is 5.30. The van der Waals surface area contributed by atoms with Gasteiger partial charge in [-0.05, 0) is 46.2 Å². The zero-order valence-corrected chi connectivity index (χ0v) is 15.9. The molecule has 0 bridgehead atoms. The molecule has 1 saturated heterocycles. The van der Waals surface area contributed by atoms with Crippen molar-refractivity contribution in [3.05, 3.63) is 34.1 Å². The molecule has 2 rings (SSSR count). The zero-order valence-electron chi connectivity index (χ0n) is 13.5. The topological polar surface area (TPSA) is 77.0 Å². The van der Waals surface area contributed by atoms with Crippen molar-refractivity contribution in [2.75, 3.05) is 12.9 Å². The van der Waals surface area contributed by atoms with E-state index in [-0.39, 0.29) is 6.42 Å². The Hall–Kier alpha value is -1.38. The minimum atomic E-state index is -0.845. The van der Waals surface area contributed by atoms with E-state index in [2.05, 4.69) is 20.7 Å². The van der Waals surface area contributed by atoms with Gasteiger partial charge in [-0.25, -0.2) is 0 Å². The van der Waals surface area contributed by atoms with Crippen LogP contribution in [-0.4, -0.2) is 23.9 Å². The molecular weight excluding hydrogens is 398 g/mol. The minimum Gasteiger partial charge on any atom is -0.495 e. The maximum absolute atomic E-state index is 10.4. The number of ether oxygens (including phenoxy) is 1. The number of carboxylic acids is 1. The van der Waals surface area contributed by atoms with Crippen LogP contribution in [0.4, 0.5) is 0 Å². The van der Waals surface area contributed by atoms with Crippen LogP contribution in [-0.2, 0) is 14.0 Å². The first-order valence-corrected chi connectivity index (χ1v) is 9.99. The van der Waals surface area contributed by atoms with Crippen molar-refractivity contribution in [2.45, 2.75) is 32.1 Å². The van der Waals surface area contributed by atoms with Crippen LogP contribution < -0.4 is 9.46 Å². The molecule has 24 heavy (non-hydrogen) atoms. The van der Waals surface area contributed by atoms with E-state index < -0.39 is 17.3 Å². The van der Waals surface area contributed by atoms with Crippen LogP contribution >= 0.6 is 27.3 Å². The van der Waals surface area contributed by atoms with Crippen LogP contribution in [0.25, 0.3) is 6.08 Å². The standard InChI is InChI=1S/C16H22BrNO5S/c1-21-16-12(7-6-8-13(16)17)11-14-18-24(23-22-14)10-5-3-2-4-9-15(19)20/h6-8,11,18,24H,2-5,9-10H2,1H3,(H,19,20)/b14-11-. The van der Waals surface area contributed by atoms with E-state index in [4.69, 9.17) is 19.1 Å². The summed E-state index contributed by atoms with van der Waals surface area (Å²) in [5.41, 5.74) is 0.892. The third kappa shape index (κ3) is 5.92. The molecule has 0 aliphatic carbocycles. The molecule has 8 heteroatoms. The van der Waals surface area contributed by atoms with E-state index in [1.807, 2.05) is 24.3 Å². The number of carboxylic acid groups (broad SMARTS) is 1. The maximum Gasteiger partial charge on any atom is 0.303 e. The molecule has 0 aromatic heterocycles. The Morgan fingerprint density at radius 1 is 1.38 bits per heavy atom. The first kappa shape index (κ1) is 19.0. The Bertz CT molecular complexity index is 596. The summed E-state index contributed by atoms with van der Waals surface area (Å²) >= 11 is 2.61. The van der Waals surface area contributed by atoms with Gasteiger partial charge in [0.2, 0.25) is 5.88 Å². The predicted octanol–water partition coefficient (Wildman–Crippen LogP) is 4.17. The number of unbranched alkanes of at least 4 members (excludes halogenated alkanes) is 3. The molecule has 1 fully saturated rings.